The number of anilines is 1. The Morgan fingerprint density at radius 1 is 1.00 bits per heavy atom. The number of hydrogen-bond donors (Lipinski definition) is 2. The van der Waals surface area contributed by atoms with Crippen molar-refractivity contribution in [2.24, 2.45) is 0 Å². The van der Waals surface area contributed by atoms with Crippen molar-refractivity contribution in [2.45, 2.75) is 0 Å². The predicted molar refractivity (Wildman–Crippen MR) is 54.7 cm³/mol. The van der Waals surface area contributed by atoms with Gasteiger partial charge in [-0.15, -0.1) is 0 Å². The van der Waals surface area contributed by atoms with Crippen molar-refractivity contribution in [1.82, 2.24) is 0 Å². The summed E-state index contributed by atoms with van der Waals surface area (Å²) in [7, 11) is 0. The summed E-state index contributed by atoms with van der Waals surface area (Å²) in [6.45, 7) is -0.0294. The summed E-state index contributed by atoms with van der Waals surface area (Å²) in [6.07, 6.45) is 0. The van der Waals surface area contributed by atoms with Crippen LogP contribution in [-0.2, 0) is 0 Å². The summed E-state index contributed by atoms with van der Waals surface area (Å²) < 4.78 is 0. The molecule has 13 heavy (non-hydrogen) atoms. The van der Waals surface area contributed by atoms with E-state index in [-0.39, 0.29) is 6.73 Å². The first-order chi connectivity index (χ1) is 6.40. The fraction of sp³-hybridized carbons (Fsp3) is 0.0909. The first-order valence-corrected chi connectivity index (χ1v) is 4.24. The molecule has 0 saturated heterocycles. The van der Waals surface area contributed by atoms with Crippen LogP contribution < -0.4 is 5.32 Å². The molecule has 0 aliphatic rings. The standard InChI is InChI=1S/C11H11NO/c13-8-12-11-6-5-9-3-1-2-4-10(9)7-11/h1-7,12-13H,8H2. The molecule has 2 aromatic rings. The first kappa shape index (κ1) is 8.08. The number of aliphatic hydroxyl groups excluding tert-OH is 1. The molecule has 0 aliphatic heterocycles. The van der Waals surface area contributed by atoms with E-state index in [9.17, 15) is 0 Å². The SMILES string of the molecule is OCNc1ccc2ccccc2c1. The second-order valence-corrected chi connectivity index (χ2v) is 2.90. The van der Waals surface area contributed by atoms with Crippen LogP contribution in [0, 0.1) is 0 Å². The molecule has 0 amide bonds. The summed E-state index contributed by atoms with van der Waals surface area (Å²) in [5.41, 5.74) is 0.946. The third kappa shape index (κ3) is 1.63. The van der Waals surface area contributed by atoms with E-state index in [0.717, 1.165) is 5.69 Å². The van der Waals surface area contributed by atoms with Gasteiger partial charge < -0.3 is 10.4 Å². The van der Waals surface area contributed by atoms with Crippen LogP contribution in [-0.4, -0.2) is 11.8 Å². The second kappa shape index (κ2) is 3.46. The number of hydrogen-bond acceptors (Lipinski definition) is 2. The molecule has 0 saturated carbocycles. The highest BCUT2D eigenvalue weighted by Gasteiger charge is 1.93. The van der Waals surface area contributed by atoms with Gasteiger partial charge in [-0.2, -0.15) is 0 Å². The number of rotatable bonds is 2. The lowest BCUT2D eigenvalue weighted by Gasteiger charge is -2.03. The number of benzene rings is 2. The van der Waals surface area contributed by atoms with Gasteiger partial charge in [-0.3, -0.25) is 0 Å². The number of fused-ring (bicyclic) bond motifs is 1. The largest absolute Gasteiger partial charge is 0.377 e. The molecular formula is C11H11NO. The Balaban J connectivity index is 2.49. The van der Waals surface area contributed by atoms with Crippen LogP contribution in [0.4, 0.5) is 5.69 Å². The Morgan fingerprint density at radius 3 is 2.54 bits per heavy atom. The lowest BCUT2D eigenvalue weighted by molar-refractivity contribution is 0.326. The molecule has 2 heteroatoms. The maximum absolute atomic E-state index is 8.68. The van der Waals surface area contributed by atoms with Gasteiger partial charge in [0.25, 0.3) is 0 Å². The molecule has 0 bridgehead atoms. The summed E-state index contributed by atoms with van der Waals surface area (Å²) >= 11 is 0. The Morgan fingerprint density at radius 2 is 1.77 bits per heavy atom. The molecule has 0 heterocycles. The Labute approximate surface area is 76.8 Å². The van der Waals surface area contributed by atoms with Gasteiger partial charge in [0, 0.05) is 5.69 Å². The number of nitrogens with one attached hydrogen (secondary N) is 1. The molecular weight excluding hydrogens is 162 g/mol. The molecule has 2 nitrogen and oxygen atoms in total. The topological polar surface area (TPSA) is 32.3 Å². The minimum absolute atomic E-state index is 0.0294. The fourth-order valence-electron chi connectivity index (χ4n) is 1.39. The lowest BCUT2D eigenvalue weighted by Crippen LogP contribution is -1.98. The van der Waals surface area contributed by atoms with Crippen LogP contribution >= 0.6 is 0 Å². The maximum atomic E-state index is 8.68. The van der Waals surface area contributed by atoms with Gasteiger partial charge in [-0.05, 0) is 22.9 Å². The van der Waals surface area contributed by atoms with E-state index in [1.165, 1.54) is 10.8 Å². The van der Waals surface area contributed by atoms with Crippen molar-refractivity contribution in [1.29, 1.82) is 0 Å². The van der Waals surface area contributed by atoms with Crippen LogP contribution in [0.25, 0.3) is 10.8 Å². The molecule has 0 atom stereocenters. The minimum Gasteiger partial charge on any atom is -0.377 e. The molecule has 2 N–H and O–H groups in total. The monoisotopic (exact) mass is 173 g/mol. The van der Waals surface area contributed by atoms with Crippen molar-refractivity contribution >= 4 is 16.5 Å². The molecule has 0 aliphatic carbocycles. The van der Waals surface area contributed by atoms with Crippen LogP contribution in [0.5, 0.6) is 0 Å². The van der Waals surface area contributed by atoms with Crippen LogP contribution in [0.15, 0.2) is 42.5 Å². The highest BCUT2D eigenvalue weighted by molar-refractivity contribution is 5.85. The highest BCUT2D eigenvalue weighted by Crippen LogP contribution is 2.18. The van der Waals surface area contributed by atoms with E-state index in [1.807, 2.05) is 30.3 Å². The molecule has 0 fully saturated rings. The van der Waals surface area contributed by atoms with Crippen molar-refractivity contribution in [2.75, 3.05) is 12.0 Å². The van der Waals surface area contributed by atoms with E-state index >= 15 is 0 Å². The Bertz CT molecular complexity index is 412. The maximum Gasteiger partial charge on any atom is 0.113 e. The highest BCUT2D eigenvalue weighted by atomic mass is 16.3. The van der Waals surface area contributed by atoms with Gasteiger partial charge in [-0.25, -0.2) is 0 Å². The summed E-state index contributed by atoms with van der Waals surface area (Å²) in [5, 5.41) is 13.9. The van der Waals surface area contributed by atoms with Gasteiger partial charge in [-0.1, -0.05) is 30.3 Å². The second-order valence-electron chi connectivity index (χ2n) is 2.90. The molecule has 0 aromatic heterocycles. The quantitative estimate of drug-likeness (QED) is 0.682. The number of aliphatic hydroxyl groups is 1. The summed E-state index contributed by atoms with van der Waals surface area (Å²) in [4.78, 5) is 0. The third-order valence-electron chi connectivity index (χ3n) is 2.03. The average Bonchev–Trinajstić information content (AvgIpc) is 2.18. The van der Waals surface area contributed by atoms with E-state index in [0.29, 0.717) is 0 Å². The smallest absolute Gasteiger partial charge is 0.113 e. The summed E-state index contributed by atoms with van der Waals surface area (Å²) in [5.74, 6) is 0. The Kier molecular flexibility index (Phi) is 2.15. The van der Waals surface area contributed by atoms with Crippen molar-refractivity contribution in [3.63, 3.8) is 0 Å². The van der Waals surface area contributed by atoms with Crippen LogP contribution in [0.3, 0.4) is 0 Å². The minimum atomic E-state index is -0.0294. The van der Waals surface area contributed by atoms with Gasteiger partial charge in [0.2, 0.25) is 0 Å². The van der Waals surface area contributed by atoms with Crippen molar-refractivity contribution in [3.05, 3.63) is 42.5 Å². The van der Waals surface area contributed by atoms with Crippen molar-refractivity contribution < 1.29 is 5.11 Å². The molecule has 66 valence electrons. The lowest BCUT2D eigenvalue weighted by atomic mass is 10.1. The molecule has 0 radical (unpaired) electrons. The van der Waals surface area contributed by atoms with E-state index in [2.05, 4.69) is 17.4 Å². The van der Waals surface area contributed by atoms with Crippen molar-refractivity contribution in [3.8, 4) is 0 Å². The van der Waals surface area contributed by atoms with Gasteiger partial charge in [0.05, 0.1) is 0 Å². The van der Waals surface area contributed by atoms with E-state index in [4.69, 9.17) is 5.11 Å². The first-order valence-electron chi connectivity index (χ1n) is 4.24. The fourth-order valence-corrected chi connectivity index (χ4v) is 1.39. The van der Waals surface area contributed by atoms with Crippen LogP contribution in [0.1, 0.15) is 0 Å². The normalized spacial score (nSPS) is 10.2. The average molecular weight is 173 g/mol. The molecule has 0 spiro atoms. The van der Waals surface area contributed by atoms with Gasteiger partial charge in [0.15, 0.2) is 0 Å². The zero-order valence-corrected chi connectivity index (χ0v) is 7.20. The van der Waals surface area contributed by atoms with Gasteiger partial charge in [0.1, 0.15) is 6.73 Å². The molecule has 2 rings (SSSR count). The molecule has 0 unspecified atom stereocenters. The van der Waals surface area contributed by atoms with E-state index in [1.54, 1.807) is 0 Å². The zero-order chi connectivity index (χ0) is 9.10. The Hall–Kier alpha value is -1.54. The van der Waals surface area contributed by atoms with E-state index < -0.39 is 0 Å². The molecule has 2 aromatic carbocycles. The summed E-state index contributed by atoms with van der Waals surface area (Å²) in [6, 6.07) is 14.2. The third-order valence-corrected chi connectivity index (χ3v) is 2.03. The predicted octanol–water partition coefficient (Wildman–Crippen LogP) is 2.20. The van der Waals surface area contributed by atoms with Crippen LogP contribution in [0.2, 0.25) is 0 Å². The zero-order valence-electron chi connectivity index (χ0n) is 7.20. The van der Waals surface area contributed by atoms with Gasteiger partial charge >= 0.3 is 0 Å².